The fourth-order valence-corrected chi connectivity index (χ4v) is 2.45. The Morgan fingerprint density at radius 2 is 1.95 bits per heavy atom. The molecule has 1 fully saturated rings. The Morgan fingerprint density at radius 1 is 1.29 bits per heavy atom. The third-order valence-corrected chi connectivity index (χ3v) is 3.68. The summed E-state index contributed by atoms with van der Waals surface area (Å²) in [6.07, 6.45) is 0. The number of piperazine rings is 1. The molecule has 1 aromatic rings. The fourth-order valence-electron chi connectivity index (χ4n) is 2.09. The molecule has 2 amide bonds. The highest BCUT2D eigenvalue weighted by atomic mass is 79.9. The van der Waals surface area contributed by atoms with Gasteiger partial charge >= 0.3 is 12.0 Å². The number of benzene rings is 1. The minimum absolute atomic E-state index is 0.0320. The van der Waals surface area contributed by atoms with E-state index in [1.165, 1.54) is 12.1 Å². The smallest absolute Gasteiger partial charge is 0.322 e. The Hall–Kier alpha value is -1.67. The van der Waals surface area contributed by atoms with Crippen molar-refractivity contribution in [2.45, 2.75) is 0 Å². The number of hydrogen-bond donors (Lipinski definition) is 2. The van der Waals surface area contributed by atoms with Gasteiger partial charge in [0, 0.05) is 30.7 Å². The zero-order chi connectivity index (χ0) is 15.4. The Morgan fingerprint density at radius 3 is 2.57 bits per heavy atom. The molecule has 6 nitrogen and oxygen atoms in total. The molecule has 1 saturated heterocycles. The van der Waals surface area contributed by atoms with Crippen molar-refractivity contribution >= 4 is 33.6 Å². The first-order chi connectivity index (χ1) is 9.95. The molecule has 0 saturated carbocycles. The molecule has 21 heavy (non-hydrogen) atoms. The summed E-state index contributed by atoms with van der Waals surface area (Å²) >= 11 is 3.22. The van der Waals surface area contributed by atoms with Gasteiger partial charge in [0.1, 0.15) is 5.82 Å². The number of aliphatic carboxylic acids is 1. The number of amides is 2. The predicted molar refractivity (Wildman–Crippen MR) is 78.8 cm³/mol. The van der Waals surface area contributed by atoms with E-state index in [1.807, 2.05) is 0 Å². The summed E-state index contributed by atoms with van der Waals surface area (Å²) in [5.41, 5.74) is 0.113. The van der Waals surface area contributed by atoms with E-state index in [2.05, 4.69) is 21.2 Å². The maximum Gasteiger partial charge on any atom is 0.322 e. The lowest BCUT2D eigenvalue weighted by molar-refractivity contribution is -0.138. The van der Waals surface area contributed by atoms with E-state index in [-0.39, 0.29) is 18.3 Å². The summed E-state index contributed by atoms with van der Waals surface area (Å²) in [6.45, 7) is 1.76. The standard InChI is InChI=1S/C13H15BrFN3O3/c14-9-1-2-10(15)11(7-9)16-13(21)18-5-3-17(4-6-18)8-12(19)20/h1-2,7H,3-6,8H2,(H,16,21)(H,19,20). The quantitative estimate of drug-likeness (QED) is 0.863. The third-order valence-electron chi connectivity index (χ3n) is 3.19. The first-order valence-corrected chi connectivity index (χ1v) is 7.20. The van der Waals surface area contributed by atoms with E-state index in [4.69, 9.17) is 5.11 Å². The van der Waals surface area contributed by atoms with Crippen LogP contribution in [0.4, 0.5) is 14.9 Å². The largest absolute Gasteiger partial charge is 0.480 e. The van der Waals surface area contributed by atoms with Gasteiger partial charge in [0.05, 0.1) is 12.2 Å². The molecule has 1 aromatic carbocycles. The first-order valence-electron chi connectivity index (χ1n) is 6.41. The van der Waals surface area contributed by atoms with Crippen molar-refractivity contribution in [3.05, 3.63) is 28.5 Å². The Balaban J connectivity index is 1.90. The van der Waals surface area contributed by atoms with Crippen LogP contribution in [0.2, 0.25) is 0 Å². The Bertz CT molecular complexity index is 547. The van der Waals surface area contributed by atoms with E-state index in [9.17, 15) is 14.0 Å². The molecule has 114 valence electrons. The zero-order valence-electron chi connectivity index (χ0n) is 11.2. The van der Waals surface area contributed by atoms with E-state index in [0.29, 0.717) is 30.7 Å². The number of urea groups is 1. The fraction of sp³-hybridized carbons (Fsp3) is 0.385. The molecular weight excluding hydrogens is 345 g/mol. The van der Waals surface area contributed by atoms with Crippen LogP contribution < -0.4 is 5.32 Å². The van der Waals surface area contributed by atoms with Crippen molar-refractivity contribution in [2.24, 2.45) is 0 Å². The number of carbonyl (C=O) groups is 2. The van der Waals surface area contributed by atoms with Crippen LogP contribution in [0.1, 0.15) is 0 Å². The molecule has 1 aliphatic rings. The molecule has 0 aromatic heterocycles. The SMILES string of the molecule is O=C(O)CN1CCN(C(=O)Nc2cc(Br)ccc2F)CC1. The van der Waals surface area contributed by atoms with Gasteiger partial charge in [-0.15, -0.1) is 0 Å². The van der Waals surface area contributed by atoms with Crippen molar-refractivity contribution in [3.8, 4) is 0 Å². The van der Waals surface area contributed by atoms with Crippen LogP contribution in [0, 0.1) is 5.82 Å². The van der Waals surface area contributed by atoms with Gasteiger partial charge in [0.15, 0.2) is 0 Å². The highest BCUT2D eigenvalue weighted by molar-refractivity contribution is 9.10. The number of rotatable bonds is 3. The van der Waals surface area contributed by atoms with Crippen LogP contribution in [0.15, 0.2) is 22.7 Å². The summed E-state index contributed by atoms with van der Waals surface area (Å²) in [4.78, 5) is 26.0. The maximum absolute atomic E-state index is 13.6. The lowest BCUT2D eigenvalue weighted by Crippen LogP contribution is -2.51. The molecule has 0 aliphatic carbocycles. The minimum Gasteiger partial charge on any atom is -0.480 e. The van der Waals surface area contributed by atoms with Gasteiger partial charge in [-0.3, -0.25) is 9.69 Å². The normalized spacial score (nSPS) is 15.8. The average Bonchev–Trinajstić information content (AvgIpc) is 2.43. The number of nitrogens with one attached hydrogen (secondary N) is 1. The summed E-state index contributed by atoms with van der Waals surface area (Å²) in [5.74, 6) is -1.39. The lowest BCUT2D eigenvalue weighted by atomic mass is 10.3. The van der Waals surface area contributed by atoms with Gasteiger partial charge in [0.2, 0.25) is 0 Å². The Labute approximate surface area is 129 Å². The van der Waals surface area contributed by atoms with E-state index >= 15 is 0 Å². The van der Waals surface area contributed by atoms with Gasteiger partial charge in [-0.25, -0.2) is 9.18 Å². The number of carboxylic acid groups (broad SMARTS) is 1. The molecule has 2 N–H and O–H groups in total. The van der Waals surface area contributed by atoms with Crippen LogP contribution >= 0.6 is 15.9 Å². The highest BCUT2D eigenvalue weighted by Gasteiger charge is 2.22. The van der Waals surface area contributed by atoms with Crippen LogP contribution in [-0.4, -0.2) is 59.6 Å². The zero-order valence-corrected chi connectivity index (χ0v) is 12.8. The summed E-state index contributed by atoms with van der Waals surface area (Å²) in [6, 6.07) is 3.93. The topological polar surface area (TPSA) is 72.9 Å². The second-order valence-corrected chi connectivity index (χ2v) is 5.63. The summed E-state index contributed by atoms with van der Waals surface area (Å²) in [5, 5.41) is 11.2. The first kappa shape index (κ1) is 15.7. The van der Waals surface area contributed by atoms with Gasteiger partial charge in [-0.1, -0.05) is 15.9 Å². The molecule has 2 rings (SSSR count). The molecule has 1 aliphatic heterocycles. The van der Waals surface area contributed by atoms with Crippen molar-refractivity contribution in [1.82, 2.24) is 9.80 Å². The van der Waals surface area contributed by atoms with E-state index < -0.39 is 11.8 Å². The van der Waals surface area contributed by atoms with Gasteiger partial charge in [-0.05, 0) is 18.2 Å². The van der Waals surface area contributed by atoms with E-state index in [0.717, 1.165) is 0 Å². The minimum atomic E-state index is -0.885. The van der Waals surface area contributed by atoms with Crippen LogP contribution in [0.5, 0.6) is 0 Å². The number of carboxylic acids is 1. The van der Waals surface area contributed by atoms with Crippen molar-refractivity contribution in [2.75, 3.05) is 38.0 Å². The second-order valence-electron chi connectivity index (χ2n) is 4.71. The summed E-state index contributed by atoms with van der Waals surface area (Å²) in [7, 11) is 0. The number of hydrogen-bond acceptors (Lipinski definition) is 3. The molecule has 0 radical (unpaired) electrons. The number of halogens is 2. The maximum atomic E-state index is 13.6. The number of anilines is 1. The van der Waals surface area contributed by atoms with Gasteiger partial charge in [-0.2, -0.15) is 0 Å². The van der Waals surface area contributed by atoms with Crippen molar-refractivity contribution in [1.29, 1.82) is 0 Å². The van der Waals surface area contributed by atoms with Gasteiger partial charge < -0.3 is 15.3 Å². The number of nitrogens with zero attached hydrogens (tertiary/aromatic N) is 2. The monoisotopic (exact) mass is 359 g/mol. The second kappa shape index (κ2) is 6.86. The molecular formula is C13H15BrFN3O3. The van der Waals surface area contributed by atoms with Crippen molar-refractivity contribution in [3.63, 3.8) is 0 Å². The van der Waals surface area contributed by atoms with Gasteiger partial charge in [0.25, 0.3) is 0 Å². The molecule has 0 atom stereocenters. The molecule has 0 unspecified atom stereocenters. The average molecular weight is 360 g/mol. The molecule has 1 heterocycles. The Kier molecular flexibility index (Phi) is 5.13. The van der Waals surface area contributed by atoms with Crippen LogP contribution in [0.3, 0.4) is 0 Å². The molecule has 8 heteroatoms. The lowest BCUT2D eigenvalue weighted by Gasteiger charge is -2.33. The van der Waals surface area contributed by atoms with Crippen molar-refractivity contribution < 1.29 is 19.1 Å². The molecule has 0 spiro atoms. The van der Waals surface area contributed by atoms with Crippen LogP contribution in [0.25, 0.3) is 0 Å². The third kappa shape index (κ3) is 4.40. The molecule has 0 bridgehead atoms. The number of carbonyl (C=O) groups excluding carboxylic acids is 1. The predicted octanol–water partition coefficient (Wildman–Crippen LogP) is 1.82. The van der Waals surface area contributed by atoms with E-state index in [1.54, 1.807) is 15.9 Å². The van der Waals surface area contributed by atoms with Crippen LogP contribution in [-0.2, 0) is 4.79 Å². The summed E-state index contributed by atoms with van der Waals surface area (Å²) < 4.78 is 14.2. The highest BCUT2D eigenvalue weighted by Crippen LogP contribution is 2.20.